The van der Waals surface area contributed by atoms with Crippen LogP contribution in [0, 0.1) is 5.92 Å². The largest absolute Gasteiger partial charge is 0.395 e. The average Bonchev–Trinajstić information content (AvgIpc) is 2.48. The highest BCUT2D eigenvalue weighted by Gasteiger charge is 2.28. The van der Waals surface area contributed by atoms with Gasteiger partial charge < -0.3 is 15.3 Å². The van der Waals surface area contributed by atoms with Gasteiger partial charge >= 0.3 is 0 Å². The van der Waals surface area contributed by atoms with E-state index in [2.05, 4.69) is 5.32 Å². The minimum absolute atomic E-state index is 0.00269. The number of nitrogens with one attached hydrogen (secondary N) is 1. The zero-order valence-corrected chi connectivity index (χ0v) is 11.4. The molecule has 1 unspecified atom stereocenters. The minimum Gasteiger partial charge on any atom is -0.395 e. The molecule has 1 fully saturated rings. The Hall–Kier alpha value is -1.88. The van der Waals surface area contributed by atoms with Gasteiger partial charge in [0.15, 0.2) is 0 Å². The highest BCUT2D eigenvalue weighted by Crippen LogP contribution is 2.16. The summed E-state index contributed by atoms with van der Waals surface area (Å²) in [4.78, 5) is 25.3. The molecular weight excluding hydrogens is 256 g/mol. The van der Waals surface area contributed by atoms with Crippen molar-refractivity contribution in [2.75, 3.05) is 19.7 Å². The van der Waals surface area contributed by atoms with E-state index >= 15 is 0 Å². The molecule has 20 heavy (non-hydrogen) atoms. The quantitative estimate of drug-likeness (QED) is 0.824. The van der Waals surface area contributed by atoms with Crippen molar-refractivity contribution >= 4 is 11.8 Å². The third-order valence-electron chi connectivity index (χ3n) is 3.51. The van der Waals surface area contributed by atoms with Gasteiger partial charge in [0, 0.05) is 26.1 Å². The molecule has 0 aromatic heterocycles. The molecule has 0 bridgehead atoms. The lowest BCUT2D eigenvalue weighted by Gasteiger charge is -2.29. The molecule has 5 heteroatoms. The van der Waals surface area contributed by atoms with Crippen molar-refractivity contribution in [3.63, 3.8) is 0 Å². The van der Waals surface area contributed by atoms with E-state index in [1.54, 1.807) is 4.90 Å². The molecule has 1 aliphatic rings. The Labute approximate surface area is 118 Å². The number of nitrogens with zero attached hydrogens (tertiary/aromatic N) is 1. The van der Waals surface area contributed by atoms with Crippen LogP contribution in [0.15, 0.2) is 30.3 Å². The summed E-state index contributed by atoms with van der Waals surface area (Å²) in [7, 11) is 0. The molecule has 1 aliphatic heterocycles. The smallest absolute Gasteiger partial charge is 0.227 e. The molecule has 1 aromatic rings. The van der Waals surface area contributed by atoms with E-state index in [1.807, 2.05) is 30.3 Å². The van der Waals surface area contributed by atoms with Crippen LogP contribution in [0.3, 0.4) is 0 Å². The second-order valence-electron chi connectivity index (χ2n) is 5.01. The maximum atomic E-state index is 12.5. The maximum Gasteiger partial charge on any atom is 0.227 e. The zero-order valence-electron chi connectivity index (χ0n) is 11.4. The molecule has 0 aliphatic carbocycles. The first kappa shape index (κ1) is 14.5. The monoisotopic (exact) mass is 276 g/mol. The van der Waals surface area contributed by atoms with Crippen molar-refractivity contribution in [2.45, 2.75) is 19.4 Å². The molecular formula is C15H20N2O3. The molecule has 5 nitrogen and oxygen atoms in total. The third-order valence-corrected chi connectivity index (χ3v) is 3.51. The van der Waals surface area contributed by atoms with Gasteiger partial charge in [-0.15, -0.1) is 0 Å². The van der Waals surface area contributed by atoms with Crippen LogP contribution in [-0.2, 0) is 16.1 Å². The first-order chi connectivity index (χ1) is 9.70. The summed E-state index contributed by atoms with van der Waals surface area (Å²) >= 11 is 0. The first-order valence-electron chi connectivity index (χ1n) is 6.91. The summed E-state index contributed by atoms with van der Waals surface area (Å²) in [6, 6.07) is 9.70. The van der Waals surface area contributed by atoms with E-state index in [0.717, 1.165) is 5.56 Å². The van der Waals surface area contributed by atoms with Crippen LogP contribution >= 0.6 is 0 Å². The fourth-order valence-electron chi connectivity index (χ4n) is 2.39. The summed E-state index contributed by atoms with van der Waals surface area (Å²) in [5, 5.41) is 11.9. The van der Waals surface area contributed by atoms with Crippen LogP contribution < -0.4 is 5.32 Å². The normalized spacial score (nSPS) is 18.4. The van der Waals surface area contributed by atoms with Crippen LogP contribution in [0.5, 0.6) is 0 Å². The lowest BCUT2D eigenvalue weighted by Crippen LogP contribution is -2.45. The Morgan fingerprint density at radius 3 is 2.70 bits per heavy atom. The van der Waals surface area contributed by atoms with E-state index in [9.17, 15) is 9.59 Å². The molecule has 0 saturated carbocycles. The van der Waals surface area contributed by atoms with Gasteiger partial charge in [-0.25, -0.2) is 0 Å². The lowest BCUT2D eigenvalue weighted by molar-refractivity contribution is -0.138. The van der Waals surface area contributed by atoms with Crippen LogP contribution in [0.2, 0.25) is 0 Å². The molecule has 2 rings (SSSR count). The van der Waals surface area contributed by atoms with Crippen molar-refractivity contribution in [1.82, 2.24) is 10.2 Å². The molecule has 1 aromatic carbocycles. The van der Waals surface area contributed by atoms with Gasteiger partial charge in [-0.2, -0.15) is 0 Å². The van der Waals surface area contributed by atoms with Gasteiger partial charge in [0.2, 0.25) is 11.8 Å². The van der Waals surface area contributed by atoms with Crippen molar-refractivity contribution in [3.05, 3.63) is 35.9 Å². The number of hydrogen-bond donors (Lipinski definition) is 2. The number of rotatable bonds is 5. The van der Waals surface area contributed by atoms with Crippen molar-refractivity contribution < 1.29 is 14.7 Å². The van der Waals surface area contributed by atoms with Gasteiger partial charge in [0.25, 0.3) is 0 Å². The highest BCUT2D eigenvalue weighted by molar-refractivity contribution is 5.83. The second-order valence-corrected chi connectivity index (χ2v) is 5.01. The van der Waals surface area contributed by atoms with Gasteiger partial charge in [0.05, 0.1) is 12.5 Å². The molecule has 1 saturated heterocycles. The van der Waals surface area contributed by atoms with Gasteiger partial charge in [-0.1, -0.05) is 30.3 Å². The first-order valence-corrected chi connectivity index (χ1v) is 6.91. The second kappa shape index (κ2) is 7.05. The van der Waals surface area contributed by atoms with Crippen LogP contribution in [0.4, 0.5) is 0 Å². The lowest BCUT2D eigenvalue weighted by atomic mass is 9.97. The fraction of sp³-hybridized carbons (Fsp3) is 0.467. The van der Waals surface area contributed by atoms with E-state index in [-0.39, 0.29) is 24.3 Å². The SMILES string of the molecule is O=C1CCC(C(=O)N(CCO)Cc2ccccc2)CN1. The Balaban J connectivity index is 2.00. The molecule has 0 radical (unpaired) electrons. The van der Waals surface area contributed by atoms with Gasteiger partial charge in [-0.05, 0) is 12.0 Å². The van der Waals surface area contributed by atoms with Gasteiger partial charge in [0.1, 0.15) is 0 Å². The Morgan fingerprint density at radius 2 is 2.10 bits per heavy atom. The number of aliphatic hydroxyl groups excluding tert-OH is 1. The van der Waals surface area contributed by atoms with E-state index in [4.69, 9.17) is 5.11 Å². The maximum absolute atomic E-state index is 12.5. The van der Waals surface area contributed by atoms with Crippen molar-refractivity contribution in [2.24, 2.45) is 5.92 Å². The Kier molecular flexibility index (Phi) is 5.12. The number of hydrogen-bond acceptors (Lipinski definition) is 3. The predicted octanol–water partition coefficient (Wildman–Crippen LogP) is 0.534. The van der Waals surface area contributed by atoms with Gasteiger partial charge in [-0.3, -0.25) is 9.59 Å². The molecule has 2 amide bonds. The molecule has 1 heterocycles. The number of carbonyl (C=O) groups excluding carboxylic acids is 2. The van der Waals surface area contributed by atoms with E-state index < -0.39 is 0 Å². The number of carbonyl (C=O) groups is 2. The van der Waals surface area contributed by atoms with Crippen LogP contribution in [0.1, 0.15) is 18.4 Å². The highest BCUT2D eigenvalue weighted by atomic mass is 16.3. The molecule has 108 valence electrons. The number of amides is 2. The van der Waals surface area contributed by atoms with E-state index in [0.29, 0.717) is 32.5 Å². The summed E-state index contributed by atoms with van der Waals surface area (Å²) < 4.78 is 0. The standard InChI is InChI=1S/C15H20N2O3/c18-9-8-17(11-12-4-2-1-3-5-12)15(20)13-6-7-14(19)16-10-13/h1-5,13,18H,6-11H2,(H,16,19). The van der Waals surface area contributed by atoms with Crippen molar-refractivity contribution in [3.8, 4) is 0 Å². The predicted molar refractivity (Wildman–Crippen MR) is 74.7 cm³/mol. The topological polar surface area (TPSA) is 69.6 Å². The average molecular weight is 276 g/mol. The minimum atomic E-state index is -0.178. The summed E-state index contributed by atoms with van der Waals surface area (Å²) in [6.45, 7) is 1.15. The number of aliphatic hydroxyl groups is 1. The Morgan fingerprint density at radius 1 is 1.35 bits per heavy atom. The van der Waals surface area contributed by atoms with Crippen LogP contribution in [-0.4, -0.2) is 41.5 Å². The molecule has 0 spiro atoms. The summed E-state index contributed by atoms with van der Waals surface area (Å²) in [5.74, 6) is -0.170. The third kappa shape index (κ3) is 3.81. The molecule has 1 atom stereocenters. The zero-order chi connectivity index (χ0) is 14.4. The molecule has 2 N–H and O–H groups in total. The fourth-order valence-corrected chi connectivity index (χ4v) is 2.39. The summed E-state index contributed by atoms with van der Waals surface area (Å²) in [5.41, 5.74) is 1.04. The Bertz CT molecular complexity index is 451. The summed E-state index contributed by atoms with van der Waals surface area (Å²) in [6.07, 6.45) is 0.982. The van der Waals surface area contributed by atoms with E-state index in [1.165, 1.54) is 0 Å². The van der Waals surface area contributed by atoms with Crippen molar-refractivity contribution in [1.29, 1.82) is 0 Å². The number of piperidine rings is 1. The number of benzene rings is 1. The van der Waals surface area contributed by atoms with Crippen LogP contribution in [0.25, 0.3) is 0 Å².